The van der Waals surface area contributed by atoms with Crippen LogP contribution in [0.3, 0.4) is 0 Å². The van der Waals surface area contributed by atoms with Gasteiger partial charge >= 0.3 is 0 Å². The minimum atomic E-state index is -0.246. The van der Waals surface area contributed by atoms with Crippen LogP contribution in [0.5, 0.6) is 11.5 Å². The first-order chi connectivity index (χ1) is 8.87. The first-order valence-electron chi connectivity index (χ1n) is 6.65. The Bertz CT molecular complexity index is 482. The van der Waals surface area contributed by atoms with Crippen LogP contribution >= 0.6 is 0 Å². The molecule has 4 nitrogen and oxygen atoms in total. The third-order valence-corrected chi connectivity index (χ3v) is 3.64. The average Bonchev–Trinajstić information content (AvgIpc) is 2.31. The van der Waals surface area contributed by atoms with Crippen molar-refractivity contribution >= 4 is 5.78 Å². The molecule has 4 heteroatoms. The first kappa shape index (κ1) is 13.9. The number of benzene rings is 1. The summed E-state index contributed by atoms with van der Waals surface area (Å²) in [5, 5.41) is 18.7. The number of rotatable bonds is 3. The van der Waals surface area contributed by atoms with Crippen LogP contribution in [0, 0.1) is 5.41 Å². The van der Waals surface area contributed by atoms with E-state index in [9.17, 15) is 15.0 Å². The lowest BCUT2D eigenvalue weighted by Gasteiger charge is -2.37. The van der Waals surface area contributed by atoms with Gasteiger partial charge in [-0.2, -0.15) is 0 Å². The summed E-state index contributed by atoms with van der Waals surface area (Å²) in [6.45, 7) is 6.67. The highest BCUT2D eigenvalue weighted by atomic mass is 16.3. The molecule has 1 heterocycles. The van der Waals surface area contributed by atoms with Gasteiger partial charge in [0.05, 0.1) is 6.54 Å². The van der Waals surface area contributed by atoms with Crippen LogP contribution in [-0.2, 0) is 0 Å². The van der Waals surface area contributed by atoms with Crippen molar-refractivity contribution in [2.45, 2.75) is 26.7 Å². The number of aromatic hydroxyl groups is 2. The molecule has 0 amide bonds. The highest BCUT2D eigenvalue weighted by Crippen LogP contribution is 2.29. The van der Waals surface area contributed by atoms with Gasteiger partial charge in [-0.25, -0.2) is 0 Å². The van der Waals surface area contributed by atoms with Crippen molar-refractivity contribution in [1.82, 2.24) is 4.90 Å². The molecule has 0 spiro atoms. The minimum absolute atomic E-state index is 0.0204. The Morgan fingerprint density at radius 1 is 1.32 bits per heavy atom. The molecule has 1 aromatic carbocycles. The molecule has 2 N–H and O–H groups in total. The summed E-state index contributed by atoms with van der Waals surface area (Å²) in [5.41, 5.74) is 0.703. The lowest BCUT2D eigenvalue weighted by molar-refractivity contribution is 0.0809. The predicted molar refractivity (Wildman–Crippen MR) is 73.6 cm³/mol. The van der Waals surface area contributed by atoms with E-state index in [4.69, 9.17) is 0 Å². The number of piperidine rings is 1. The van der Waals surface area contributed by atoms with Crippen molar-refractivity contribution < 1.29 is 15.0 Å². The molecule has 104 valence electrons. The maximum absolute atomic E-state index is 12.2. The first-order valence-corrected chi connectivity index (χ1v) is 6.65. The smallest absolute Gasteiger partial charge is 0.176 e. The Balaban J connectivity index is 2.02. The van der Waals surface area contributed by atoms with E-state index in [2.05, 4.69) is 18.7 Å². The zero-order chi connectivity index (χ0) is 14.0. The third kappa shape index (κ3) is 3.47. The molecule has 19 heavy (non-hydrogen) atoms. The molecule has 1 aliphatic heterocycles. The summed E-state index contributed by atoms with van der Waals surface area (Å²) >= 11 is 0. The molecule has 0 aromatic heterocycles. The van der Waals surface area contributed by atoms with Gasteiger partial charge in [0.15, 0.2) is 17.3 Å². The van der Waals surface area contributed by atoms with Crippen molar-refractivity contribution in [3.63, 3.8) is 0 Å². The van der Waals surface area contributed by atoms with Gasteiger partial charge < -0.3 is 10.2 Å². The number of carbonyl (C=O) groups excluding carboxylic acids is 1. The number of carbonyl (C=O) groups is 1. The molecule has 0 unspecified atom stereocenters. The number of hydrogen-bond donors (Lipinski definition) is 2. The van der Waals surface area contributed by atoms with E-state index < -0.39 is 0 Å². The summed E-state index contributed by atoms with van der Waals surface area (Å²) in [6.07, 6.45) is 2.30. The molecular weight excluding hydrogens is 242 g/mol. The number of hydrogen-bond acceptors (Lipinski definition) is 4. The molecule has 0 radical (unpaired) electrons. The van der Waals surface area contributed by atoms with Gasteiger partial charge in [0, 0.05) is 12.1 Å². The zero-order valence-electron chi connectivity index (χ0n) is 11.5. The highest BCUT2D eigenvalue weighted by molar-refractivity contribution is 5.98. The molecule has 0 aliphatic carbocycles. The Morgan fingerprint density at radius 3 is 2.68 bits per heavy atom. The average molecular weight is 263 g/mol. The standard InChI is InChI=1S/C15H21NO3/c1-15(2)6-3-7-16(10-15)9-14(19)11-4-5-12(17)13(18)8-11/h4-5,8,17-18H,3,6-7,9-10H2,1-2H3. The SMILES string of the molecule is CC1(C)CCCN(CC(=O)c2ccc(O)c(O)c2)C1. The molecule has 0 saturated carbocycles. The van der Waals surface area contributed by atoms with Crippen LogP contribution < -0.4 is 0 Å². The van der Waals surface area contributed by atoms with Crippen LogP contribution in [0.25, 0.3) is 0 Å². The second-order valence-electron chi connectivity index (χ2n) is 6.11. The normalized spacial score (nSPS) is 19.3. The molecule has 1 aromatic rings. The third-order valence-electron chi connectivity index (χ3n) is 3.64. The van der Waals surface area contributed by atoms with Crippen molar-refractivity contribution in [2.75, 3.05) is 19.6 Å². The highest BCUT2D eigenvalue weighted by Gasteiger charge is 2.27. The largest absolute Gasteiger partial charge is 0.504 e. The van der Waals surface area contributed by atoms with Gasteiger partial charge in [-0.05, 0) is 43.0 Å². The zero-order valence-corrected chi connectivity index (χ0v) is 11.5. The Labute approximate surface area is 113 Å². The van der Waals surface area contributed by atoms with Crippen LogP contribution in [0.2, 0.25) is 0 Å². The van der Waals surface area contributed by atoms with Crippen molar-refractivity contribution in [3.8, 4) is 11.5 Å². The Hall–Kier alpha value is -1.55. The molecular formula is C15H21NO3. The predicted octanol–water partition coefficient (Wildman–Crippen LogP) is 2.40. The van der Waals surface area contributed by atoms with Gasteiger partial charge in [-0.15, -0.1) is 0 Å². The van der Waals surface area contributed by atoms with Crippen LogP contribution in [0.15, 0.2) is 18.2 Å². The van der Waals surface area contributed by atoms with E-state index in [1.807, 2.05) is 0 Å². The van der Waals surface area contributed by atoms with E-state index in [1.165, 1.54) is 18.6 Å². The van der Waals surface area contributed by atoms with Crippen molar-refractivity contribution in [2.24, 2.45) is 5.41 Å². The lowest BCUT2D eigenvalue weighted by atomic mass is 9.84. The fourth-order valence-corrected chi connectivity index (χ4v) is 2.67. The van der Waals surface area contributed by atoms with Gasteiger partial charge in [0.25, 0.3) is 0 Å². The lowest BCUT2D eigenvalue weighted by Crippen LogP contribution is -2.42. The van der Waals surface area contributed by atoms with Crippen molar-refractivity contribution in [3.05, 3.63) is 23.8 Å². The number of phenols is 2. The van der Waals surface area contributed by atoms with Crippen LogP contribution in [-0.4, -0.2) is 40.5 Å². The van der Waals surface area contributed by atoms with E-state index in [-0.39, 0.29) is 22.7 Å². The number of Topliss-reactive ketones (excluding diaryl/α,β-unsaturated/α-hetero) is 1. The number of nitrogens with zero attached hydrogens (tertiary/aromatic N) is 1. The molecule has 1 saturated heterocycles. The molecule has 1 fully saturated rings. The fraction of sp³-hybridized carbons (Fsp3) is 0.533. The summed E-state index contributed by atoms with van der Waals surface area (Å²) in [5.74, 6) is -0.464. The van der Waals surface area contributed by atoms with Gasteiger partial charge in [-0.1, -0.05) is 13.8 Å². The van der Waals surface area contributed by atoms with Crippen LogP contribution in [0.1, 0.15) is 37.0 Å². The van der Waals surface area contributed by atoms with Crippen molar-refractivity contribution in [1.29, 1.82) is 0 Å². The Kier molecular flexibility index (Phi) is 3.80. The van der Waals surface area contributed by atoms with E-state index in [0.717, 1.165) is 19.5 Å². The fourth-order valence-electron chi connectivity index (χ4n) is 2.67. The maximum atomic E-state index is 12.2. The number of likely N-dealkylation sites (tertiary alicyclic amines) is 1. The van der Waals surface area contributed by atoms with Crippen LogP contribution in [0.4, 0.5) is 0 Å². The second kappa shape index (κ2) is 5.21. The van der Waals surface area contributed by atoms with Gasteiger partial charge in [-0.3, -0.25) is 9.69 Å². The van der Waals surface area contributed by atoms with E-state index in [1.54, 1.807) is 6.07 Å². The maximum Gasteiger partial charge on any atom is 0.176 e. The topological polar surface area (TPSA) is 60.8 Å². The van der Waals surface area contributed by atoms with Gasteiger partial charge in [0.2, 0.25) is 0 Å². The summed E-state index contributed by atoms with van der Waals surface area (Å²) < 4.78 is 0. The quantitative estimate of drug-likeness (QED) is 0.649. The number of ketones is 1. The molecule has 1 aliphatic rings. The van der Waals surface area contributed by atoms with E-state index in [0.29, 0.717) is 12.1 Å². The molecule has 0 bridgehead atoms. The molecule has 0 atom stereocenters. The van der Waals surface area contributed by atoms with Gasteiger partial charge in [0.1, 0.15) is 0 Å². The summed E-state index contributed by atoms with van der Waals surface area (Å²) in [4.78, 5) is 14.3. The Morgan fingerprint density at radius 2 is 2.05 bits per heavy atom. The van der Waals surface area contributed by atoms with E-state index >= 15 is 0 Å². The second-order valence-corrected chi connectivity index (χ2v) is 6.11. The monoisotopic (exact) mass is 263 g/mol. The summed E-state index contributed by atoms with van der Waals surface area (Å²) in [6, 6.07) is 4.22. The summed E-state index contributed by atoms with van der Waals surface area (Å²) in [7, 11) is 0. The number of phenolic OH excluding ortho intramolecular Hbond substituents is 2. The molecule has 2 rings (SSSR count). The minimum Gasteiger partial charge on any atom is -0.504 e.